The Morgan fingerprint density at radius 2 is 1.09 bits per heavy atom. The second-order valence-corrected chi connectivity index (χ2v) is 33.4. The number of hydrogen-bond donors (Lipinski definition) is 0. The van der Waals surface area contributed by atoms with Gasteiger partial charge >= 0.3 is 0 Å². The zero-order chi connectivity index (χ0) is 85.0. The second-order valence-electron chi connectivity index (χ2n) is 31.4. The Labute approximate surface area is 579 Å². The van der Waals surface area contributed by atoms with Crippen LogP contribution in [0.3, 0.4) is 0 Å². The van der Waals surface area contributed by atoms with Crippen molar-refractivity contribution in [2.75, 3.05) is 4.90 Å². The van der Waals surface area contributed by atoms with E-state index in [4.69, 9.17) is 0 Å². The van der Waals surface area contributed by atoms with Gasteiger partial charge in [0.05, 0.1) is 44.1 Å². The van der Waals surface area contributed by atoms with Crippen LogP contribution in [0.4, 0.5) is 25.8 Å². The second kappa shape index (κ2) is 18.9. The van der Waals surface area contributed by atoms with Crippen LogP contribution in [0.15, 0.2) is 145 Å². The van der Waals surface area contributed by atoms with Crippen LogP contribution < -0.4 is 21.3 Å². The highest BCUT2D eigenvalue weighted by molar-refractivity contribution is 7.26. The summed E-state index contributed by atoms with van der Waals surface area (Å²) in [5, 5.41) is -0.617. The molecule has 458 valence electrons. The summed E-state index contributed by atoms with van der Waals surface area (Å²) in [6, 6.07) is -14.7. The van der Waals surface area contributed by atoms with Crippen LogP contribution in [0.1, 0.15) is 237 Å². The molecule has 1 unspecified atom stereocenters. The van der Waals surface area contributed by atoms with Gasteiger partial charge in [-0.05, 0) is 190 Å². The van der Waals surface area contributed by atoms with E-state index in [1.807, 2.05) is 27.7 Å². The lowest BCUT2D eigenvalue weighted by molar-refractivity contribution is 0.332. The molecule has 4 aliphatic rings. The third-order valence-corrected chi connectivity index (χ3v) is 21.6. The van der Waals surface area contributed by atoms with E-state index in [2.05, 4.69) is 0 Å². The molecule has 2 aliphatic heterocycles. The third-order valence-electron chi connectivity index (χ3n) is 19.5. The van der Waals surface area contributed by atoms with Crippen molar-refractivity contribution in [1.82, 2.24) is 4.57 Å². The summed E-state index contributed by atoms with van der Waals surface area (Å²) in [7, 11) is 0. The molecule has 0 amide bonds. The first kappa shape index (κ1) is 38.0. The van der Waals surface area contributed by atoms with E-state index >= 15 is 8.78 Å². The Bertz CT molecular complexity index is 6600. The number of benzene rings is 9. The molecule has 1 atom stereocenters. The molecule has 0 radical (unpaired) electrons. The molecule has 2 nitrogen and oxygen atoms in total. The Morgan fingerprint density at radius 1 is 0.505 bits per heavy atom. The molecule has 2 aliphatic carbocycles. The van der Waals surface area contributed by atoms with Crippen LogP contribution in [0.5, 0.6) is 0 Å². The summed E-state index contributed by atoms with van der Waals surface area (Å²) in [5.41, 5.74) is -14.0. The van der Waals surface area contributed by atoms with Crippen LogP contribution in [-0.4, -0.2) is 11.3 Å². The normalized spacial score (nSPS) is 20.9. The van der Waals surface area contributed by atoms with Crippen LogP contribution in [0.25, 0.3) is 68.2 Å². The van der Waals surface area contributed by atoms with Gasteiger partial charge in [-0.1, -0.05) is 203 Å². The highest BCUT2D eigenvalue weighted by Crippen LogP contribution is 2.57. The SMILES string of the molecule is [2H]c1c([2H])c([2H])c2c(c1[2H])-c1c(c3c([2H])c(C(C)(C)C)c([2H])c([2H])c3n1-c1c([2H])c3c4c(c1[2H])N(c1c(F)c([2H])c(C(C)(C)C)c([2H])c1F)c1c(c([2H])c5sc6c([2H])c7c(c([2H])c6c5c1[2H])C(C)(C)CCC7(C)C)B4c1c([2H])c([2H])c4sc5c([2H])c(C(C)(C)C)c([2H])c([2H])c5c4c1C3c1c([2H])c([2H])c(C(C)(C)C)c([2H])c1[2H])C2(C)C. The summed E-state index contributed by atoms with van der Waals surface area (Å²) >= 11 is 1.72. The van der Waals surface area contributed by atoms with E-state index in [0.29, 0.717) is 24.0 Å². The molecule has 0 N–H and O–H groups in total. The van der Waals surface area contributed by atoms with E-state index in [9.17, 15) is 32.9 Å². The van der Waals surface area contributed by atoms with Crippen molar-refractivity contribution in [3.63, 3.8) is 0 Å². The molecule has 0 spiro atoms. The number of fused-ring (bicyclic) bond motifs is 17. The van der Waals surface area contributed by atoms with Crippen molar-refractivity contribution in [2.24, 2.45) is 0 Å². The van der Waals surface area contributed by atoms with Crippen LogP contribution in [0.2, 0.25) is 0 Å². The lowest BCUT2D eigenvalue weighted by Crippen LogP contribution is -2.62. The average Bonchev–Trinajstić information content (AvgIpc) is 1.64. The van der Waals surface area contributed by atoms with Gasteiger partial charge in [0.2, 0.25) is 6.71 Å². The van der Waals surface area contributed by atoms with E-state index in [0.717, 1.165) is 32.1 Å². The van der Waals surface area contributed by atoms with Crippen LogP contribution >= 0.6 is 22.7 Å². The minimum Gasteiger partial charge on any atom is -0.309 e. The molecular formula is C84H83BF2N2S2. The van der Waals surface area contributed by atoms with Crippen molar-refractivity contribution in [1.29, 1.82) is 0 Å². The van der Waals surface area contributed by atoms with E-state index < -0.39 is 239 Å². The molecule has 7 heteroatoms. The predicted octanol–water partition coefficient (Wildman–Crippen LogP) is 22.3. The van der Waals surface area contributed by atoms with Crippen LogP contribution in [-0.2, 0) is 37.9 Å². The van der Waals surface area contributed by atoms with Gasteiger partial charge in [-0.3, -0.25) is 0 Å². The molecule has 0 saturated carbocycles. The molecule has 0 saturated heterocycles. The Morgan fingerprint density at radius 3 is 1.76 bits per heavy atom. The number of halogens is 2. The number of hydrogen-bond acceptors (Lipinski definition) is 3. The highest BCUT2D eigenvalue weighted by atomic mass is 32.1. The molecule has 0 fully saturated rings. The van der Waals surface area contributed by atoms with Crippen molar-refractivity contribution in [2.45, 2.75) is 181 Å². The fourth-order valence-corrected chi connectivity index (χ4v) is 16.4. The van der Waals surface area contributed by atoms with E-state index in [1.54, 1.807) is 76.2 Å². The van der Waals surface area contributed by atoms with Gasteiger partial charge in [-0.25, -0.2) is 8.78 Å². The first-order chi connectivity index (χ1) is 52.8. The molecule has 91 heavy (non-hydrogen) atoms. The number of aromatic nitrogens is 1. The number of nitrogens with zero attached hydrogens (tertiary/aromatic N) is 2. The number of rotatable bonds is 3. The zero-order valence-corrected chi connectivity index (χ0v) is 56.2. The average molecular weight is 1260 g/mol. The summed E-state index contributed by atoms with van der Waals surface area (Å²) in [6.07, 6.45) is 1.15. The van der Waals surface area contributed by atoms with Crippen molar-refractivity contribution in [3.05, 3.63) is 218 Å². The van der Waals surface area contributed by atoms with Gasteiger partial charge in [0.15, 0.2) is 11.6 Å². The maximum absolute atomic E-state index is 19.5. The fourth-order valence-electron chi connectivity index (χ4n) is 14.4. The molecule has 3 aromatic heterocycles. The number of thiophene rings is 2. The molecule has 9 aromatic carbocycles. The van der Waals surface area contributed by atoms with Crippen molar-refractivity contribution >= 4 is 114 Å². The van der Waals surface area contributed by atoms with Gasteiger partial charge in [-0.15, -0.1) is 22.7 Å². The zero-order valence-electron chi connectivity index (χ0n) is 78.5. The van der Waals surface area contributed by atoms with Gasteiger partial charge in [-0.2, -0.15) is 0 Å². The monoisotopic (exact) mass is 1260 g/mol. The quantitative estimate of drug-likeness (QED) is 0.160. The van der Waals surface area contributed by atoms with E-state index in [1.165, 1.54) is 20.8 Å². The molecule has 5 heterocycles. The maximum Gasteiger partial charge on any atom is 0.247 e. The van der Waals surface area contributed by atoms with E-state index in [-0.39, 0.29) is 120 Å². The Balaban J connectivity index is 1.27. The number of anilines is 3. The smallest absolute Gasteiger partial charge is 0.247 e. The summed E-state index contributed by atoms with van der Waals surface area (Å²) in [4.78, 5) is 0.766. The van der Waals surface area contributed by atoms with Gasteiger partial charge in [0.25, 0.3) is 0 Å². The summed E-state index contributed by atoms with van der Waals surface area (Å²) in [6.45, 7) is 29.2. The van der Waals surface area contributed by atoms with Crippen LogP contribution in [0, 0.1) is 11.6 Å². The lowest BCUT2D eigenvalue weighted by Gasteiger charge is -2.43. The largest absolute Gasteiger partial charge is 0.309 e. The lowest BCUT2D eigenvalue weighted by atomic mass is 9.31. The molecule has 0 bridgehead atoms. The molecular weight excluding hydrogens is 1150 g/mol. The standard InChI is InChI=1S/C84H83BF2N2S2/c1-78(2,3)46-25-23-45(24-26-46)71-56-39-50(88-64-31-28-47(79(4,5)6)35-55(64)74-76(88)51-21-19-20-22-57(51)84(74,17)18)40-66-75(56)85(60-30-32-67-72(73(60)71)52-29-27-48(80(7,8)9)38-68(52)90-67)61-44-70-54(42-65(61)89(66)77-62(86)36-49(37-63(77)87)81(10,11)12)53-41-58-59(43-69(53)91-70)83(15,16)34-33-82(58,13)14/h19-32,35-44,71H,33-34H2,1-18H3/i19D,20D,21D,22D,23D,24D,25D,26D,27D,28D,29D,30D,31D,32D,35D,36D,37D,38D,39D,40D,41D,42D,43D,44D. The Hall–Kier alpha value is -7.32. The minimum absolute atomic E-state index is 0.000571. The predicted molar refractivity (Wildman–Crippen MR) is 390 cm³/mol. The fraction of sp³-hybridized carbons (Fsp3) is 0.333. The molecule has 12 aromatic rings. The highest BCUT2D eigenvalue weighted by Gasteiger charge is 2.48. The molecule has 16 rings (SSSR count). The minimum atomic E-state index is -2.14. The topological polar surface area (TPSA) is 8.17 Å². The first-order valence-corrected chi connectivity index (χ1v) is 32.9. The van der Waals surface area contributed by atoms with Gasteiger partial charge < -0.3 is 9.47 Å². The van der Waals surface area contributed by atoms with Gasteiger partial charge in [0, 0.05) is 79.7 Å². The first-order valence-electron chi connectivity index (χ1n) is 43.2. The summed E-state index contributed by atoms with van der Waals surface area (Å²) in [5.74, 6) is -5.53. The Kier molecular flexibility index (Phi) is 7.91. The maximum atomic E-state index is 19.5. The third kappa shape index (κ3) is 8.50. The van der Waals surface area contributed by atoms with Crippen molar-refractivity contribution in [3.8, 4) is 16.9 Å². The van der Waals surface area contributed by atoms with Crippen molar-refractivity contribution < 1.29 is 41.7 Å². The van der Waals surface area contributed by atoms with Gasteiger partial charge in [0.1, 0.15) is 5.69 Å². The summed E-state index contributed by atoms with van der Waals surface area (Å²) < 4.78 is 289.